The standard InChI is InChI=1S/C6H10F3NO3S/c7-6(8,9)14(12,13)10-3-5(4-11)1-2-5/h10-11H,1-4H2. The predicted molar refractivity (Wildman–Crippen MR) is 41.7 cm³/mol. The number of hydrogen-bond donors (Lipinski definition) is 2. The summed E-state index contributed by atoms with van der Waals surface area (Å²) < 4.78 is 57.9. The molecule has 0 radical (unpaired) electrons. The molecule has 8 heteroatoms. The van der Waals surface area contributed by atoms with Gasteiger partial charge in [-0.2, -0.15) is 13.2 Å². The highest BCUT2D eigenvalue weighted by molar-refractivity contribution is 7.90. The molecular weight excluding hydrogens is 223 g/mol. The molecule has 0 atom stereocenters. The van der Waals surface area contributed by atoms with Gasteiger partial charge in [-0.05, 0) is 12.8 Å². The van der Waals surface area contributed by atoms with Crippen molar-refractivity contribution in [3.05, 3.63) is 0 Å². The third kappa shape index (κ3) is 2.37. The van der Waals surface area contributed by atoms with Gasteiger partial charge in [0.05, 0.1) is 0 Å². The Kier molecular flexibility index (Phi) is 2.81. The highest BCUT2D eigenvalue weighted by atomic mass is 32.2. The lowest BCUT2D eigenvalue weighted by molar-refractivity contribution is -0.0449. The zero-order valence-corrected chi connectivity index (χ0v) is 7.95. The molecule has 0 amide bonds. The molecule has 14 heavy (non-hydrogen) atoms. The van der Waals surface area contributed by atoms with Crippen LogP contribution in [0.25, 0.3) is 0 Å². The zero-order chi connectivity index (χ0) is 11.0. The van der Waals surface area contributed by atoms with E-state index in [4.69, 9.17) is 5.11 Å². The fourth-order valence-electron chi connectivity index (χ4n) is 0.898. The van der Waals surface area contributed by atoms with Crippen LogP contribution in [0.1, 0.15) is 12.8 Å². The average molecular weight is 233 g/mol. The van der Waals surface area contributed by atoms with Crippen LogP contribution in [0.4, 0.5) is 13.2 Å². The second-order valence-electron chi connectivity index (χ2n) is 3.43. The predicted octanol–water partition coefficient (Wildman–Crippen LogP) is 0.198. The summed E-state index contributed by atoms with van der Waals surface area (Å²) >= 11 is 0. The van der Waals surface area contributed by atoms with Crippen LogP contribution in [0.15, 0.2) is 0 Å². The van der Waals surface area contributed by atoms with E-state index in [0.717, 1.165) is 0 Å². The van der Waals surface area contributed by atoms with Crippen LogP contribution in [0.2, 0.25) is 0 Å². The van der Waals surface area contributed by atoms with E-state index in [1.807, 2.05) is 0 Å². The summed E-state index contributed by atoms with van der Waals surface area (Å²) in [7, 11) is -5.26. The zero-order valence-electron chi connectivity index (χ0n) is 7.13. The molecule has 2 N–H and O–H groups in total. The molecule has 0 aromatic rings. The second kappa shape index (κ2) is 3.35. The highest BCUT2D eigenvalue weighted by Crippen LogP contribution is 2.44. The number of aliphatic hydroxyl groups excluding tert-OH is 1. The Bertz CT molecular complexity index is 307. The van der Waals surface area contributed by atoms with Crippen LogP contribution >= 0.6 is 0 Å². The summed E-state index contributed by atoms with van der Waals surface area (Å²) in [5, 5.41) is 8.74. The van der Waals surface area contributed by atoms with E-state index in [2.05, 4.69) is 0 Å². The largest absolute Gasteiger partial charge is 0.511 e. The molecule has 0 aromatic heterocycles. The Labute approximate surface area is 79.2 Å². The van der Waals surface area contributed by atoms with Crippen molar-refractivity contribution in [3.63, 3.8) is 0 Å². The van der Waals surface area contributed by atoms with Gasteiger partial charge in [0.1, 0.15) is 0 Å². The van der Waals surface area contributed by atoms with Crippen LogP contribution in [-0.2, 0) is 10.0 Å². The molecule has 0 aromatic carbocycles. The molecule has 1 fully saturated rings. The maximum atomic E-state index is 11.8. The summed E-state index contributed by atoms with van der Waals surface area (Å²) in [6.45, 7) is -0.654. The lowest BCUT2D eigenvalue weighted by atomic mass is 10.1. The van der Waals surface area contributed by atoms with Gasteiger partial charge in [-0.3, -0.25) is 0 Å². The van der Waals surface area contributed by atoms with Crippen molar-refractivity contribution in [2.75, 3.05) is 13.2 Å². The van der Waals surface area contributed by atoms with Crippen LogP contribution in [0, 0.1) is 5.41 Å². The van der Waals surface area contributed by atoms with Crippen LogP contribution < -0.4 is 4.72 Å². The fourth-order valence-corrected chi connectivity index (χ4v) is 1.56. The smallest absolute Gasteiger partial charge is 0.396 e. The average Bonchev–Trinajstić information content (AvgIpc) is 2.80. The minimum atomic E-state index is -5.28. The van der Waals surface area contributed by atoms with Gasteiger partial charge in [-0.1, -0.05) is 0 Å². The first-order valence-corrected chi connectivity index (χ1v) is 5.38. The molecule has 1 rings (SSSR count). The molecule has 0 unspecified atom stereocenters. The summed E-state index contributed by atoms with van der Waals surface area (Å²) in [5.41, 5.74) is -5.95. The number of sulfonamides is 1. The SMILES string of the molecule is O=S(=O)(NCC1(CO)CC1)C(F)(F)F. The molecule has 4 nitrogen and oxygen atoms in total. The summed E-state index contributed by atoms with van der Waals surface area (Å²) in [5.74, 6) is 0. The first-order valence-electron chi connectivity index (χ1n) is 3.89. The van der Waals surface area contributed by atoms with E-state index >= 15 is 0 Å². The van der Waals surface area contributed by atoms with E-state index in [0.29, 0.717) is 12.8 Å². The maximum Gasteiger partial charge on any atom is 0.511 e. The van der Waals surface area contributed by atoms with Crippen LogP contribution in [-0.4, -0.2) is 32.2 Å². The van der Waals surface area contributed by atoms with Crippen molar-refractivity contribution in [3.8, 4) is 0 Å². The van der Waals surface area contributed by atoms with Crippen LogP contribution in [0.3, 0.4) is 0 Å². The van der Waals surface area contributed by atoms with E-state index < -0.39 is 20.9 Å². The van der Waals surface area contributed by atoms with Gasteiger partial charge in [-0.15, -0.1) is 0 Å². The van der Waals surface area contributed by atoms with E-state index in [-0.39, 0.29) is 13.2 Å². The summed E-state index contributed by atoms with van der Waals surface area (Å²) in [6, 6.07) is 0. The summed E-state index contributed by atoms with van der Waals surface area (Å²) in [6.07, 6.45) is 1.09. The van der Waals surface area contributed by atoms with Crippen molar-refractivity contribution in [1.82, 2.24) is 4.72 Å². The van der Waals surface area contributed by atoms with Crippen molar-refractivity contribution in [2.45, 2.75) is 18.3 Å². The van der Waals surface area contributed by atoms with E-state index in [1.54, 1.807) is 0 Å². The highest BCUT2D eigenvalue weighted by Gasteiger charge is 2.49. The van der Waals surface area contributed by atoms with E-state index in [9.17, 15) is 21.6 Å². The first-order chi connectivity index (χ1) is 6.22. The Morgan fingerprint density at radius 2 is 1.86 bits per heavy atom. The number of halogens is 3. The summed E-state index contributed by atoms with van der Waals surface area (Å²) in [4.78, 5) is 0. The third-order valence-corrected chi connectivity index (χ3v) is 3.37. The van der Waals surface area contributed by atoms with Gasteiger partial charge in [0.2, 0.25) is 0 Å². The molecule has 0 bridgehead atoms. The maximum absolute atomic E-state index is 11.8. The van der Waals surface area contributed by atoms with Gasteiger partial charge in [0, 0.05) is 18.6 Å². The molecular formula is C6H10F3NO3S. The molecule has 0 saturated heterocycles. The van der Waals surface area contributed by atoms with Gasteiger partial charge in [-0.25, -0.2) is 13.1 Å². The lowest BCUT2D eigenvalue weighted by Crippen LogP contribution is -2.40. The van der Waals surface area contributed by atoms with Gasteiger partial charge >= 0.3 is 15.5 Å². The molecule has 0 heterocycles. The number of alkyl halides is 3. The normalized spacial score (nSPS) is 20.9. The van der Waals surface area contributed by atoms with Gasteiger partial charge in [0.25, 0.3) is 0 Å². The fraction of sp³-hybridized carbons (Fsp3) is 1.00. The Morgan fingerprint density at radius 3 is 2.14 bits per heavy atom. The Morgan fingerprint density at radius 1 is 1.36 bits per heavy atom. The number of aliphatic hydroxyl groups is 1. The van der Waals surface area contributed by atoms with Crippen molar-refractivity contribution < 1.29 is 26.7 Å². The Hall–Kier alpha value is -0.340. The Balaban J connectivity index is 2.54. The molecule has 1 saturated carbocycles. The first kappa shape index (κ1) is 11.7. The molecule has 0 aliphatic heterocycles. The quantitative estimate of drug-likeness (QED) is 0.728. The third-order valence-electron chi connectivity index (χ3n) is 2.23. The molecule has 84 valence electrons. The van der Waals surface area contributed by atoms with E-state index in [1.165, 1.54) is 4.72 Å². The van der Waals surface area contributed by atoms with Crippen LogP contribution in [0.5, 0.6) is 0 Å². The minimum absolute atomic E-state index is 0.298. The molecule has 1 aliphatic rings. The number of hydrogen-bond acceptors (Lipinski definition) is 3. The molecule has 0 spiro atoms. The number of nitrogens with one attached hydrogen (secondary N) is 1. The van der Waals surface area contributed by atoms with Crippen molar-refractivity contribution in [1.29, 1.82) is 0 Å². The van der Waals surface area contributed by atoms with Gasteiger partial charge < -0.3 is 5.11 Å². The lowest BCUT2D eigenvalue weighted by Gasteiger charge is -2.14. The van der Waals surface area contributed by atoms with Crippen molar-refractivity contribution >= 4 is 10.0 Å². The minimum Gasteiger partial charge on any atom is -0.396 e. The topological polar surface area (TPSA) is 66.4 Å². The number of rotatable bonds is 4. The van der Waals surface area contributed by atoms with Gasteiger partial charge in [0.15, 0.2) is 0 Å². The monoisotopic (exact) mass is 233 g/mol. The second-order valence-corrected chi connectivity index (χ2v) is 5.19. The molecule has 1 aliphatic carbocycles. The van der Waals surface area contributed by atoms with Crippen molar-refractivity contribution in [2.24, 2.45) is 5.41 Å².